The van der Waals surface area contributed by atoms with E-state index in [9.17, 15) is 13.2 Å². The van der Waals surface area contributed by atoms with Gasteiger partial charge in [0.05, 0.1) is 11.4 Å². The Morgan fingerprint density at radius 3 is 2.57 bits per heavy atom. The van der Waals surface area contributed by atoms with E-state index in [1.54, 1.807) is 17.9 Å². The standard InChI is InChI=1S/C14H21N3O3S/c1-11-9-12(5-6-13(11)15)21(19,20)16-10-14(18)17-7-3-2-4-8-17/h5-6,9,16H,2-4,7-8,10,15H2,1H3. The number of nitrogens with one attached hydrogen (secondary N) is 1. The van der Waals surface area contributed by atoms with Gasteiger partial charge >= 0.3 is 0 Å². The molecule has 1 heterocycles. The molecule has 0 aliphatic carbocycles. The topological polar surface area (TPSA) is 92.5 Å². The number of nitrogens with two attached hydrogens (primary N) is 1. The smallest absolute Gasteiger partial charge is 0.241 e. The minimum Gasteiger partial charge on any atom is -0.399 e. The summed E-state index contributed by atoms with van der Waals surface area (Å²) in [5.41, 5.74) is 6.91. The van der Waals surface area contributed by atoms with Gasteiger partial charge in [0, 0.05) is 18.8 Å². The number of hydrogen-bond acceptors (Lipinski definition) is 4. The summed E-state index contributed by atoms with van der Waals surface area (Å²) in [5, 5.41) is 0. The van der Waals surface area contributed by atoms with E-state index in [1.165, 1.54) is 12.1 Å². The van der Waals surface area contributed by atoms with Crippen LogP contribution in [0.3, 0.4) is 0 Å². The van der Waals surface area contributed by atoms with Gasteiger partial charge in [-0.2, -0.15) is 0 Å². The molecule has 1 aromatic carbocycles. The van der Waals surface area contributed by atoms with Crippen molar-refractivity contribution in [2.75, 3.05) is 25.4 Å². The fourth-order valence-corrected chi connectivity index (χ4v) is 3.37. The van der Waals surface area contributed by atoms with Gasteiger partial charge in [0.15, 0.2) is 0 Å². The quantitative estimate of drug-likeness (QED) is 0.807. The first-order valence-electron chi connectivity index (χ1n) is 7.04. The van der Waals surface area contributed by atoms with Gasteiger partial charge < -0.3 is 10.6 Å². The SMILES string of the molecule is Cc1cc(S(=O)(=O)NCC(=O)N2CCCCC2)ccc1N. The Bertz CT molecular complexity index is 622. The van der Waals surface area contributed by atoms with Crippen LogP contribution in [0.2, 0.25) is 0 Å². The van der Waals surface area contributed by atoms with Crippen molar-refractivity contribution in [3.05, 3.63) is 23.8 Å². The summed E-state index contributed by atoms with van der Waals surface area (Å²) < 4.78 is 26.7. The Labute approximate surface area is 125 Å². The second-order valence-electron chi connectivity index (χ2n) is 5.28. The third kappa shape index (κ3) is 3.95. The van der Waals surface area contributed by atoms with Crippen LogP contribution in [-0.4, -0.2) is 38.9 Å². The van der Waals surface area contributed by atoms with Crippen molar-refractivity contribution >= 4 is 21.6 Å². The van der Waals surface area contributed by atoms with E-state index in [0.717, 1.165) is 19.3 Å². The van der Waals surface area contributed by atoms with Crippen LogP contribution >= 0.6 is 0 Å². The van der Waals surface area contributed by atoms with Gasteiger partial charge in [-0.3, -0.25) is 4.79 Å². The molecule has 7 heteroatoms. The number of nitrogen functional groups attached to an aromatic ring is 1. The van der Waals surface area contributed by atoms with E-state index in [4.69, 9.17) is 5.73 Å². The molecule has 0 unspecified atom stereocenters. The van der Waals surface area contributed by atoms with Crippen molar-refractivity contribution in [3.63, 3.8) is 0 Å². The predicted octanol–water partition coefficient (Wildman–Crippen LogP) is 0.868. The van der Waals surface area contributed by atoms with Gasteiger partial charge in [0.2, 0.25) is 15.9 Å². The summed E-state index contributed by atoms with van der Waals surface area (Å²) in [5.74, 6) is -0.176. The number of aryl methyl sites for hydroxylation is 1. The van der Waals surface area contributed by atoms with Crippen molar-refractivity contribution in [1.82, 2.24) is 9.62 Å². The molecule has 0 bridgehead atoms. The molecule has 0 atom stereocenters. The Kier molecular flexibility index (Phi) is 4.84. The third-order valence-electron chi connectivity index (χ3n) is 3.67. The minimum absolute atomic E-state index is 0.126. The van der Waals surface area contributed by atoms with Crippen LogP contribution in [-0.2, 0) is 14.8 Å². The number of hydrogen-bond donors (Lipinski definition) is 2. The average Bonchev–Trinajstić information content (AvgIpc) is 2.48. The van der Waals surface area contributed by atoms with E-state index >= 15 is 0 Å². The normalized spacial score (nSPS) is 16.0. The van der Waals surface area contributed by atoms with Gasteiger partial charge in [-0.15, -0.1) is 0 Å². The number of amides is 1. The number of carbonyl (C=O) groups is 1. The van der Waals surface area contributed by atoms with Crippen molar-refractivity contribution in [2.45, 2.75) is 31.1 Å². The summed E-state index contributed by atoms with van der Waals surface area (Å²) in [6.07, 6.45) is 3.09. The number of likely N-dealkylation sites (tertiary alicyclic amines) is 1. The fourth-order valence-electron chi connectivity index (χ4n) is 2.31. The summed E-state index contributed by atoms with van der Waals surface area (Å²) in [6.45, 7) is 2.96. The highest BCUT2D eigenvalue weighted by molar-refractivity contribution is 7.89. The van der Waals surface area contributed by atoms with Crippen LogP contribution in [0.15, 0.2) is 23.1 Å². The van der Waals surface area contributed by atoms with E-state index in [0.29, 0.717) is 24.3 Å². The maximum Gasteiger partial charge on any atom is 0.241 e. The zero-order valence-electron chi connectivity index (χ0n) is 12.1. The highest BCUT2D eigenvalue weighted by atomic mass is 32.2. The van der Waals surface area contributed by atoms with Crippen molar-refractivity contribution in [1.29, 1.82) is 0 Å². The first kappa shape index (κ1) is 15.8. The molecule has 6 nitrogen and oxygen atoms in total. The monoisotopic (exact) mass is 311 g/mol. The van der Waals surface area contributed by atoms with Crippen molar-refractivity contribution in [3.8, 4) is 0 Å². The molecule has 0 spiro atoms. The molecule has 1 fully saturated rings. The summed E-state index contributed by atoms with van der Waals surface area (Å²) in [4.78, 5) is 13.8. The van der Waals surface area contributed by atoms with Gasteiger partial charge in [-0.05, 0) is 49.9 Å². The highest BCUT2D eigenvalue weighted by Crippen LogP contribution is 2.16. The summed E-state index contributed by atoms with van der Waals surface area (Å²) in [6, 6.07) is 4.50. The Morgan fingerprint density at radius 1 is 1.29 bits per heavy atom. The van der Waals surface area contributed by atoms with Gasteiger partial charge in [0.1, 0.15) is 0 Å². The second-order valence-corrected chi connectivity index (χ2v) is 7.05. The lowest BCUT2D eigenvalue weighted by molar-refractivity contribution is -0.130. The molecule has 1 aliphatic rings. The maximum absolute atomic E-state index is 12.2. The summed E-state index contributed by atoms with van der Waals surface area (Å²) >= 11 is 0. The largest absolute Gasteiger partial charge is 0.399 e. The number of benzene rings is 1. The van der Waals surface area contributed by atoms with E-state index < -0.39 is 10.0 Å². The van der Waals surface area contributed by atoms with Gasteiger partial charge in [0.25, 0.3) is 0 Å². The molecule has 1 aliphatic heterocycles. The highest BCUT2D eigenvalue weighted by Gasteiger charge is 2.20. The molecule has 1 aromatic rings. The zero-order valence-corrected chi connectivity index (χ0v) is 12.9. The number of piperidine rings is 1. The molecule has 3 N–H and O–H groups in total. The number of rotatable bonds is 4. The molecule has 0 radical (unpaired) electrons. The Hall–Kier alpha value is -1.60. The molecular formula is C14H21N3O3S. The van der Waals surface area contributed by atoms with Crippen LogP contribution in [0, 0.1) is 6.92 Å². The molecule has 2 rings (SSSR count). The Morgan fingerprint density at radius 2 is 1.95 bits per heavy atom. The Balaban J connectivity index is 2.00. The minimum atomic E-state index is -3.69. The molecule has 116 valence electrons. The van der Waals surface area contributed by atoms with Crippen LogP contribution in [0.5, 0.6) is 0 Å². The average molecular weight is 311 g/mol. The lowest BCUT2D eigenvalue weighted by Gasteiger charge is -2.26. The molecule has 21 heavy (non-hydrogen) atoms. The van der Waals surface area contributed by atoms with E-state index in [2.05, 4.69) is 4.72 Å². The van der Waals surface area contributed by atoms with Crippen LogP contribution in [0.25, 0.3) is 0 Å². The number of sulfonamides is 1. The van der Waals surface area contributed by atoms with E-state index in [1.807, 2.05) is 0 Å². The van der Waals surface area contributed by atoms with Gasteiger partial charge in [-0.1, -0.05) is 0 Å². The van der Waals surface area contributed by atoms with Gasteiger partial charge in [-0.25, -0.2) is 13.1 Å². The molecule has 0 saturated carbocycles. The maximum atomic E-state index is 12.2. The van der Waals surface area contributed by atoms with E-state index in [-0.39, 0.29) is 17.3 Å². The summed E-state index contributed by atoms with van der Waals surface area (Å²) in [7, 11) is -3.69. The van der Waals surface area contributed by atoms with Crippen LogP contribution in [0.1, 0.15) is 24.8 Å². The first-order chi connectivity index (χ1) is 9.90. The van der Waals surface area contributed by atoms with Crippen LogP contribution in [0.4, 0.5) is 5.69 Å². The molecule has 1 amide bonds. The molecular weight excluding hydrogens is 290 g/mol. The molecule has 0 aromatic heterocycles. The zero-order chi connectivity index (χ0) is 15.5. The number of nitrogens with zero attached hydrogens (tertiary/aromatic N) is 1. The predicted molar refractivity (Wildman–Crippen MR) is 81.2 cm³/mol. The fraction of sp³-hybridized carbons (Fsp3) is 0.500. The second kappa shape index (κ2) is 6.44. The lowest BCUT2D eigenvalue weighted by Crippen LogP contribution is -2.42. The van der Waals surface area contributed by atoms with Crippen LogP contribution < -0.4 is 10.5 Å². The molecule has 1 saturated heterocycles. The lowest BCUT2D eigenvalue weighted by atomic mass is 10.1. The first-order valence-corrected chi connectivity index (χ1v) is 8.52. The number of anilines is 1. The van der Waals surface area contributed by atoms with Crippen molar-refractivity contribution in [2.24, 2.45) is 0 Å². The van der Waals surface area contributed by atoms with Crippen molar-refractivity contribution < 1.29 is 13.2 Å². The number of carbonyl (C=O) groups excluding carboxylic acids is 1. The third-order valence-corrected chi connectivity index (χ3v) is 5.07.